The number of hydrogen-bond donors (Lipinski definition) is 3. The summed E-state index contributed by atoms with van der Waals surface area (Å²) in [6, 6.07) is 11.1. The molecule has 3 N–H and O–H groups in total. The molecule has 0 unspecified atom stereocenters. The maximum Gasteiger partial charge on any atom is 0.315 e. The quantitative estimate of drug-likeness (QED) is 0.795. The van der Waals surface area contributed by atoms with Crippen LogP contribution in [0.15, 0.2) is 41.8 Å². The molecule has 0 radical (unpaired) electrons. The summed E-state index contributed by atoms with van der Waals surface area (Å²) >= 11 is 1.76. The largest absolute Gasteiger partial charge is 0.508 e. The summed E-state index contributed by atoms with van der Waals surface area (Å²) < 4.78 is 0. The zero-order valence-corrected chi connectivity index (χ0v) is 14.6. The van der Waals surface area contributed by atoms with Gasteiger partial charge in [0, 0.05) is 19.1 Å². The van der Waals surface area contributed by atoms with Gasteiger partial charge in [0.15, 0.2) is 0 Å². The third-order valence-electron chi connectivity index (χ3n) is 4.37. The molecule has 1 fully saturated rings. The molecule has 5 nitrogen and oxygen atoms in total. The van der Waals surface area contributed by atoms with E-state index in [1.807, 2.05) is 13.0 Å². The van der Waals surface area contributed by atoms with Crippen molar-refractivity contribution in [1.82, 2.24) is 10.6 Å². The van der Waals surface area contributed by atoms with Crippen LogP contribution in [-0.2, 0) is 0 Å². The van der Waals surface area contributed by atoms with Gasteiger partial charge in [-0.25, -0.2) is 4.79 Å². The fourth-order valence-electron chi connectivity index (χ4n) is 3.00. The SMILES string of the molecule is C[C@H](NC(=O)NC1CCN(c2cccs2)CC1)c1cccc(O)c1. The van der Waals surface area contributed by atoms with Crippen molar-refractivity contribution in [3.63, 3.8) is 0 Å². The average molecular weight is 345 g/mol. The minimum absolute atomic E-state index is 0.150. The Morgan fingerprint density at radius 1 is 1.29 bits per heavy atom. The molecular formula is C18H23N3O2S. The number of urea groups is 1. The van der Waals surface area contributed by atoms with Gasteiger partial charge in [-0.1, -0.05) is 12.1 Å². The number of piperidine rings is 1. The van der Waals surface area contributed by atoms with Gasteiger partial charge >= 0.3 is 6.03 Å². The summed E-state index contributed by atoms with van der Waals surface area (Å²) in [5.41, 5.74) is 0.887. The topological polar surface area (TPSA) is 64.6 Å². The summed E-state index contributed by atoms with van der Waals surface area (Å²) in [5.74, 6) is 0.211. The van der Waals surface area contributed by atoms with Crippen LogP contribution in [0.5, 0.6) is 5.75 Å². The van der Waals surface area contributed by atoms with Crippen molar-refractivity contribution < 1.29 is 9.90 Å². The van der Waals surface area contributed by atoms with Crippen LogP contribution in [0.25, 0.3) is 0 Å². The monoisotopic (exact) mass is 345 g/mol. The van der Waals surface area contributed by atoms with Gasteiger partial charge in [0.05, 0.1) is 11.0 Å². The number of aromatic hydroxyl groups is 1. The fourth-order valence-corrected chi connectivity index (χ4v) is 3.78. The molecule has 2 heterocycles. The second-order valence-corrected chi connectivity index (χ2v) is 7.07. The standard InChI is InChI=1S/C18H23N3O2S/c1-13(14-4-2-5-16(22)12-14)19-18(23)20-15-7-9-21(10-8-15)17-6-3-11-24-17/h2-6,11-13,15,22H,7-10H2,1H3,(H2,19,20,23)/t13-/m0/s1. The molecule has 0 aliphatic carbocycles. The highest BCUT2D eigenvalue weighted by atomic mass is 32.1. The molecule has 24 heavy (non-hydrogen) atoms. The van der Waals surface area contributed by atoms with Crippen molar-refractivity contribution >= 4 is 22.4 Å². The number of benzene rings is 1. The first kappa shape index (κ1) is 16.6. The number of rotatable bonds is 4. The van der Waals surface area contributed by atoms with Crippen molar-refractivity contribution in [2.75, 3.05) is 18.0 Å². The van der Waals surface area contributed by atoms with Crippen LogP contribution < -0.4 is 15.5 Å². The summed E-state index contributed by atoms with van der Waals surface area (Å²) in [4.78, 5) is 14.6. The predicted octanol–water partition coefficient (Wildman–Crippen LogP) is 3.48. The minimum atomic E-state index is -0.152. The summed E-state index contributed by atoms with van der Waals surface area (Å²) in [5, 5.41) is 18.9. The lowest BCUT2D eigenvalue weighted by atomic mass is 10.1. The molecule has 1 saturated heterocycles. The van der Waals surface area contributed by atoms with E-state index in [9.17, 15) is 9.90 Å². The lowest BCUT2D eigenvalue weighted by molar-refractivity contribution is 0.231. The molecule has 0 spiro atoms. The summed E-state index contributed by atoms with van der Waals surface area (Å²) in [7, 11) is 0. The zero-order chi connectivity index (χ0) is 16.9. The van der Waals surface area contributed by atoms with Gasteiger partial charge in [0.25, 0.3) is 0 Å². The highest BCUT2D eigenvalue weighted by Gasteiger charge is 2.22. The van der Waals surface area contributed by atoms with Crippen LogP contribution >= 0.6 is 11.3 Å². The number of phenols is 1. The first-order valence-electron chi connectivity index (χ1n) is 8.26. The number of nitrogens with zero attached hydrogens (tertiary/aromatic N) is 1. The lowest BCUT2D eigenvalue weighted by Crippen LogP contribution is -2.48. The Balaban J connectivity index is 1.46. The molecule has 3 rings (SSSR count). The van der Waals surface area contributed by atoms with E-state index in [-0.39, 0.29) is 23.9 Å². The van der Waals surface area contributed by atoms with Gasteiger partial charge in [-0.15, -0.1) is 11.3 Å². The number of nitrogens with one attached hydrogen (secondary N) is 2. The Labute approximate surface area is 146 Å². The Morgan fingerprint density at radius 2 is 2.08 bits per heavy atom. The van der Waals surface area contributed by atoms with Crippen LogP contribution in [0.3, 0.4) is 0 Å². The Morgan fingerprint density at radius 3 is 2.75 bits per heavy atom. The number of phenolic OH excluding ortho intramolecular Hbond substituents is 1. The van der Waals surface area contributed by atoms with E-state index >= 15 is 0 Å². The molecule has 2 amide bonds. The van der Waals surface area contributed by atoms with Crippen molar-refractivity contribution in [2.24, 2.45) is 0 Å². The predicted molar refractivity (Wildman–Crippen MR) is 97.7 cm³/mol. The third-order valence-corrected chi connectivity index (χ3v) is 5.29. The van der Waals surface area contributed by atoms with Crippen LogP contribution in [-0.4, -0.2) is 30.3 Å². The second-order valence-electron chi connectivity index (χ2n) is 6.15. The maximum atomic E-state index is 12.2. The molecule has 128 valence electrons. The average Bonchev–Trinajstić information content (AvgIpc) is 3.10. The Hall–Kier alpha value is -2.21. The van der Waals surface area contributed by atoms with E-state index in [4.69, 9.17) is 0 Å². The molecule has 1 aliphatic rings. The highest BCUT2D eigenvalue weighted by molar-refractivity contribution is 7.14. The van der Waals surface area contributed by atoms with Gasteiger partial charge in [0.1, 0.15) is 5.75 Å². The number of hydrogen-bond acceptors (Lipinski definition) is 4. The smallest absolute Gasteiger partial charge is 0.315 e. The number of carbonyl (C=O) groups is 1. The summed E-state index contributed by atoms with van der Waals surface area (Å²) in [6.45, 7) is 3.84. The third kappa shape index (κ3) is 4.20. The van der Waals surface area contributed by atoms with Crippen LogP contribution in [0.2, 0.25) is 0 Å². The van der Waals surface area contributed by atoms with Crippen LogP contribution in [0.1, 0.15) is 31.4 Å². The molecule has 2 aromatic rings. The Kier molecular flexibility index (Phi) is 5.25. The molecular weight excluding hydrogens is 322 g/mol. The minimum Gasteiger partial charge on any atom is -0.508 e. The number of carbonyl (C=O) groups excluding carboxylic acids is 1. The van der Waals surface area contributed by atoms with Crippen molar-refractivity contribution in [3.05, 3.63) is 47.3 Å². The number of thiophene rings is 1. The van der Waals surface area contributed by atoms with E-state index in [0.29, 0.717) is 0 Å². The molecule has 1 aromatic heterocycles. The normalized spacial score (nSPS) is 16.6. The molecule has 1 aromatic carbocycles. The first-order valence-corrected chi connectivity index (χ1v) is 9.14. The number of anilines is 1. The zero-order valence-electron chi connectivity index (χ0n) is 13.7. The molecule has 1 aliphatic heterocycles. The molecule has 1 atom stereocenters. The first-order chi connectivity index (χ1) is 11.6. The van der Waals surface area contributed by atoms with E-state index < -0.39 is 0 Å². The van der Waals surface area contributed by atoms with Crippen LogP contribution in [0, 0.1) is 0 Å². The fraction of sp³-hybridized carbons (Fsp3) is 0.389. The van der Waals surface area contributed by atoms with E-state index in [1.165, 1.54) is 5.00 Å². The van der Waals surface area contributed by atoms with Gasteiger partial charge in [-0.05, 0) is 55.0 Å². The van der Waals surface area contributed by atoms with Crippen molar-refractivity contribution in [2.45, 2.75) is 31.8 Å². The molecule has 6 heteroatoms. The van der Waals surface area contributed by atoms with Gasteiger partial charge in [-0.3, -0.25) is 0 Å². The molecule has 0 bridgehead atoms. The lowest BCUT2D eigenvalue weighted by Gasteiger charge is -2.33. The van der Waals surface area contributed by atoms with E-state index in [2.05, 4.69) is 33.0 Å². The van der Waals surface area contributed by atoms with Gasteiger partial charge in [0.2, 0.25) is 0 Å². The van der Waals surface area contributed by atoms with Crippen LogP contribution in [0.4, 0.5) is 9.80 Å². The van der Waals surface area contributed by atoms with Crippen molar-refractivity contribution in [3.8, 4) is 5.75 Å². The summed E-state index contributed by atoms with van der Waals surface area (Å²) in [6.07, 6.45) is 1.90. The van der Waals surface area contributed by atoms with Gasteiger partial charge in [-0.2, -0.15) is 0 Å². The van der Waals surface area contributed by atoms with Gasteiger partial charge < -0.3 is 20.6 Å². The second kappa shape index (κ2) is 7.57. The number of amides is 2. The Bertz CT molecular complexity index is 667. The van der Waals surface area contributed by atoms with Crippen molar-refractivity contribution in [1.29, 1.82) is 0 Å². The highest BCUT2D eigenvalue weighted by Crippen LogP contribution is 2.25. The van der Waals surface area contributed by atoms with E-state index in [1.54, 1.807) is 29.5 Å². The maximum absolute atomic E-state index is 12.2. The van der Waals surface area contributed by atoms with E-state index in [0.717, 1.165) is 31.5 Å². The molecule has 0 saturated carbocycles.